The first kappa shape index (κ1) is 19.3. The van der Waals surface area contributed by atoms with Crippen LogP contribution in [0.1, 0.15) is 5.56 Å². The molecule has 7 nitrogen and oxygen atoms in total. The number of aryl methyl sites for hydroxylation is 1. The van der Waals surface area contributed by atoms with Crippen LogP contribution in [0, 0.1) is 6.92 Å². The third kappa shape index (κ3) is 4.05. The average molecular weight is 412 g/mol. The molecule has 1 aliphatic heterocycles. The van der Waals surface area contributed by atoms with Gasteiger partial charge in [0, 0.05) is 36.9 Å². The highest BCUT2D eigenvalue weighted by Crippen LogP contribution is 2.26. The Balaban J connectivity index is 1.47. The van der Waals surface area contributed by atoms with Crippen molar-refractivity contribution in [3.05, 3.63) is 53.1 Å². The summed E-state index contributed by atoms with van der Waals surface area (Å²) in [5.41, 5.74) is 3.70. The lowest BCUT2D eigenvalue weighted by Crippen LogP contribution is -2.50. The molecule has 1 aromatic heterocycles. The number of benzene rings is 2. The van der Waals surface area contributed by atoms with Crippen LogP contribution in [-0.4, -0.2) is 54.2 Å². The van der Waals surface area contributed by atoms with Crippen LogP contribution in [0.25, 0.3) is 11.0 Å². The van der Waals surface area contributed by atoms with Crippen LogP contribution in [0.5, 0.6) is 5.88 Å². The summed E-state index contributed by atoms with van der Waals surface area (Å²) in [5, 5.41) is 3.39. The van der Waals surface area contributed by atoms with E-state index in [1.165, 1.54) is 18.4 Å². The number of methoxy groups -OCH3 is 1. The van der Waals surface area contributed by atoms with Gasteiger partial charge >= 0.3 is 6.03 Å². The second kappa shape index (κ2) is 8.13. The Labute approximate surface area is 174 Å². The van der Waals surface area contributed by atoms with Gasteiger partial charge in [-0.1, -0.05) is 29.8 Å². The zero-order valence-corrected chi connectivity index (χ0v) is 17.1. The molecular weight excluding hydrogens is 390 g/mol. The van der Waals surface area contributed by atoms with E-state index in [1.807, 2.05) is 12.1 Å². The Morgan fingerprint density at radius 2 is 1.83 bits per heavy atom. The summed E-state index contributed by atoms with van der Waals surface area (Å²) in [6.45, 7) is 4.89. The molecule has 1 N–H and O–H groups in total. The largest absolute Gasteiger partial charge is 0.478 e. The van der Waals surface area contributed by atoms with Crippen molar-refractivity contribution in [2.75, 3.05) is 43.5 Å². The number of hydrogen-bond acceptors (Lipinski definition) is 5. The zero-order valence-electron chi connectivity index (χ0n) is 16.4. The predicted octanol–water partition coefficient (Wildman–Crippen LogP) is 3.95. The normalized spacial score (nSPS) is 14.2. The van der Waals surface area contributed by atoms with E-state index >= 15 is 0 Å². The summed E-state index contributed by atoms with van der Waals surface area (Å²) >= 11 is 6.05. The Hall–Kier alpha value is -3.06. The summed E-state index contributed by atoms with van der Waals surface area (Å²) in [6.07, 6.45) is 0. The number of carbonyl (C=O) groups is 1. The fourth-order valence-corrected chi connectivity index (χ4v) is 3.65. The van der Waals surface area contributed by atoms with Gasteiger partial charge in [-0.05, 0) is 36.8 Å². The fourth-order valence-electron chi connectivity index (χ4n) is 3.48. The van der Waals surface area contributed by atoms with E-state index in [4.69, 9.17) is 16.3 Å². The molecule has 0 radical (unpaired) electrons. The number of rotatable bonds is 3. The number of nitrogens with zero attached hydrogens (tertiary/aromatic N) is 4. The number of urea groups is 1. The van der Waals surface area contributed by atoms with Gasteiger partial charge in [0.2, 0.25) is 0 Å². The molecule has 2 aromatic carbocycles. The SMILES string of the molecule is COc1nc2ccc(Cl)cc2nc1NC(=O)N1CCN(c2ccccc2C)CC1. The summed E-state index contributed by atoms with van der Waals surface area (Å²) in [5.74, 6) is 0.556. The highest BCUT2D eigenvalue weighted by Gasteiger charge is 2.23. The smallest absolute Gasteiger partial charge is 0.323 e. The summed E-state index contributed by atoms with van der Waals surface area (Å²) in [7, 11) is 1.50. The van der Waals surface area contributed by atoms with Crippen LogP contribution in [0.15, 0.2) is 42.5 Å². The molecule has 0 unspecified atom stereocenters. The summed E-state index contributed by atoms with van der Waals surface area (Å²) < 4.78 is 5.31. The maximum absolute atomic E-state index is 12.8. The Morgan fingerprint density at radius 1 is 1.07 bits per heavy atom. The van der Waals surface area contributed by atoms with Crippen LogP contribution in [0.3, 0.4) is 0 Å². The molecule has 0 aliphatic carbocycles. The van der Waals surface area contributed by atoms with Gasteiger partial charge in [-0.25, -0.2) is 14.8 Å². The number of nitrogens with one attached hydrogen (secondary N) is 1. The minimum atomic E-state index is -0.219. The number of hydrogen-bond donors (Lipinski definition) is 1. The second-order valence-corrected chi connectivity index (χ2v) is 7.34. The van der Waals surface area contributed by atoms with Crippen LogP contribution >= 0.6 is 11.6 Å². The maximum Gasteiger partial charge on any atom is 0.323 e. The topological polar surface area (TPSA) is 70.6 Å². The summed E-state index contributed by atoms with van der Waals surface area (Å²) in [4.78, 5) is 25.8. The van der Waals surface area contributed by atoms with Gasteiger partial charge in [0.1, 0.15) is 0 Å². The average Bonchev–Trinajstić information content (AvgIpc) is 2.73. The molecule has 2 heterocycles. The fraction of sp³-hybridized carbons (Fsp3) is 0.286. The third-order valence-corrected chi connectivity index (χ3v) is 5.27. The van der Waals surface area contributed by atoms with Crippen molar-refractivity contribution in [2.24, 2.45) is 0 Å². The third-order valence-electron chi connectivity index (χ3n) is 5.04. The minimum absolute atomic E-state index is 0.219. The highest BCUT2D eigenvalue weighted by molar-refractivity contribution is 6.31. The minimum Gasteiger partial charge on any atom is -0.478 e. The first-order valence-corrected chi connectivity index (χ1v) is 9.81. The number of amides is 2. The van der Waals surface area contributed by atoms with Crippen LogP contribution in [0.4, 0.5) is 16.3 Å². The highest BCUT2D eigenvalue weighted by atomic mass is 35.5. The van der Waals surface area contributed by atoms with Crippen molar-refractivity contribution in [3.63, 3.8) is 0 Å². The Kier molecular flexibility index (Phi) is 5.40. The molecule has 8 heteroatoms. The van der Waals surface area contributed by atoms with E-state index in [1.54, 1.807) is 23.1 Å². The van der Waals surface area contributed by atoms with Gasteiger partial charge in [0.25, 0.3) is 5.88 Å². The van der Waals surface area contributed by atoms with E-state index in [0.29, 0.717) is 29.1 Å². The molecule has 3 aromatic rings. The summed E-state index contributed by atoms with van der Waals surface area (Å²) in [6, 6.07) is 13.3. The number of carbonyl (C=O) groups excluding carboxylic acids is 1. The number of para-hydroxylation sites is 1. The van der Waals surface area contributed by atoms with Crippen molar-refractivity contribution in [2.45, 2.75) is 6.92 Å². The van der Waals surface area contributed by atoms with E-state index in [-0.39, 0.29) is 17.7 Å². The van der Waals surface area contributed by atoms with E-state index in [0.717, 1.165) is 13.1 Å². The Bertz CT molecular complexity index is 1050. The van der Waals surface area contributed by atoms with Gasteiger partial charge in [-0.15, -0.1) is 0 Å². The van der Waals surface area contributed by atoms with Crippen molar-refractivity contribution >= 4 is 40.2 Å². The van der Waals surface area contributed by atoms with E-state index < -0.39 is 0 Å². The van der Waals surface area contributed by atoms with Crippen molar-refractivity contribution in [3.8, 4) is 5.88 Å². The number of aromatic nitrogens is 2. The van der Waals surface area contributed by atoms with E-state index in [2.05, 4.69) is 39.2 Å². The molecule has 0 saturated carbocycles. The molecule has 1 fully saturated rings. The van der Waals surface area contributed by atoms with E-state index in [9.17, 15) is 4.79 Å². The lowest BCUT2D eigenvalue weighted by molar-refractivity contribution is 0.208. The number of halogens is 1. The number of anilines is 2. The van der Waals surface area contributed by atoms with Crippen molar-refractivity contribution < 1.29 is 9.53 Å². The number of fused-ring (bicyclic) bond motifs is 1. The van der Waals surface area contributed by atoms with Crippen LogP contribution < -0.4 is 15.0 Å². The molecular formula is C21H22ClN5O2. The van der Waals surface area contributed by atoms with Crippen LogP contribution in [-0.2, 0) is 0 Å². The predicted molar refractivity (Wildman–Crippen MR) is 115 cm³/mol. The number of ether oxygens (including phenoxy) is 1. The lowest BCUT2D eigenvalue weighted by Gasteiger charge is -2.36. The molecule has 150 valence electrons. The first-order valence-electron chi connectivity index (χ1n) is 9.43. The van der Waals surface area contributed by atoms with Crippen LogP contribution in [0.2, 0.25) is 5.02 Å². The lowest BCUT2D eigenvalue weighted by atomic mass is 10.1. The van der Waals surface area contributed by atoms with Crippen molar-refractivity contribution in [1.82, 2.24) is 14.9 Å². The standard InChI is InChI=1S/C21H22ClN5O2/c1-14-5-3-4-6-18(14)26-9-11-27(12-10-26)21(28)25-19-20(29-2)24-16-8-7-15(22)13-17(16)23-19/h3-8,13H,9-12H2,1-2H3,(H,23,25,28). The molecule has 2 amide bonds. The van der Waals surface area contributed by atoms with Gasteiger partial charge in [0.15, 0.2) is 5.82 Å². The second-order valence-electron chi connectivity index (χ2n) is 6.91. The Morgan fingerprint density at radius 3 is 2.55 bits per heavy atom. The van der Waals surface area contributed by atoms with Gasteiger partial charge in [-0.3, -0.25) is 5.32 Å². The molecule has 1 saturated heterocycles. The molecule has 0 atom stereocenters. The first-order chi connectivity index (χ1) is 14.0. The molecule has 29 heavy (non-hydrogen) atoms. The number of piperazine rings is 1. The molecule has 1 aliphatic rings. The van der Waals surface area contributed by atoms with Crippen molar-refractivity contribution in [1.29, 1.82) is 0 Å². The van der Waals surface area contributed by atoms with Gasteiger partial charge < -0.3 is 14.5 Å². The molecule has 0 bridgehead atoms. The zero-order chi connectivity index (χ0) is 20.4. The molecule has 4 rings (SSSR count). The van der Waals surface area contributed by atoms with Gasteiger partial charge in [-0.2, -0.15) is 0 Å². The maximum atomic E-state index is 12.8. The quantitative estimate of drug-likeness (QED) is 0.706. The monoisotopic (exact) mass is 411 g/mol. The molecule has 0 spiro atoms. The van der Waals surface area contributed by atoms with Gasteiger partial charge in [0.05, 0.1) is 18.1 Å².